The van der Waals surface area contributed by atoms with Gasteiger partial charge < -0.3 is 5.32 Å². The molecular weight excluding hydrogens is 465 g/mol. The monoisotopic (exact) mass is 483 g/mol. The van der Waals surface area contributed by atoms with E-state index in [1.807, 2.05) is 60.9 Å². The summed E-state index contributed by atoms with van der Waals surface area (Å²) < 4.78 is 1.85. The number of aryl methyl sites for hydroxylation is 1. The summed E-state index contributed by atoms with van der Waals surface area (Å²) in [5.74, 6) is 0.460. The average molecular weight is 484 g/mol. The zero-order valence-electron chi connectivity index (χ0n) is 17.3. The smallest absolute Gasteiger partial charge is 0.237 e. The van der Waals surface area contributed by atoms with Gasteiger partial charge in [-0.1, -0.05) is 53.2 Å². The Morgan fingerprint density at radius 2 is 1.88 bits per heavy atom. The van der Waals surface area contributed by atoms with Crippen LogP contribution < -0.4 is 5.32 Å². The molecule has 0 fully saturated rings. The third kappa shape index (κ3) is 4.80. The molecule has 4 aromatic rings. The normalized spacial score (nSPS) is 11.9. The van der Waals surface area contributed by atoms with E-state index >= 15 is 0 Å². The summed E-state index contributed by atoms with van der Waals surface area (Å²) in [4.78, 5) is 17.0. The van der Waals surface area contributed by atoms with Crippen molar-refractivity contribution >= 4 is 46.6 Å². The van der Waals surface area contributed by atoms with Crippen LogP contribution in [0.2, 0.25) is 10.0 Å². The first-order valence-corrected chi connectivity index (χ1v) is 11.4. The van der Waals surface area contributed by atoms with Crippen LogP contribution in [0.25, 0.3) is 17.1 Å². The van der Waals surface area contributed by atoms with Gasteiger partial charge in [-0.05, 0) is 55.8 Å². The van der Waals surface area contributed by atoms with Gasteiger partial charge in [0.1, 0.15) is 0 Å². The number of hydrogen-bond acceptors (Lipinski definition) is 5. The Morgan fingerprint density at radius 1 is 1.06 bits per heavy atom. The first kappa shape index (κ1) is 22.3. The van der Waals surface area contributed by atoms with E-state index in [0.717, 1.165) is 22.5 Å². The van der Waals surface area contributed by atoms with E-state index < -0.39 is 5.25 Å². The number of thioether (sulfide) groups is 1. The standard InChI is InChI=1S/C23H19Cl2N5OS/c1-14-6-3-4-8-20(14)27-22(31)15(2)32-23-29-28-21(16-7-5-11-26-13-16)30(23)17-9-10-18(24)19(25)12-17/h3-13,15H,1-2H3,(H,27,31). The lowest BCUT2D eigenvalue weighted by Gasteiger charge is -2.15. The van der Waals surface area contributed by atoms with Gasteiger partial charge in [0, 0.05) is 23.6 Å². The lowest BCUT2D eigenvalue weighted by molar-refractivity contribution is -0.115. The van der Waals surface area contributed by atoms with Crippen molar-refractivity contribution in [3.05, 3.63) is 82.6 Å². The van der Waals surface area contributed by atoms with Crippen molar-refractivity contribution in [3.63, 3.8) is 0 Å². The number of pyridine rings is 1. The maximum atomic E-state index is 12.9. The second kappa shape index (κ2) is 9.73. The topological polar surface area (TPSA) is 72.7 Å². The van der Waals surface area contributed by atoms with Gasteiger partial charge in [-0.15, -0.1) is 10.2 Å². The Bertz CT molecular complexity index is 1260. The minimum Gasteiger partial charge on any atom is -0.325 e. The van der Waals surface area contributed by atoms with Crippen LogP contribution in [0, 0.1) is 6.92 Å². The highest BCUT2D eigenvalue weighted by Gasteiger charge is 2.22. The Morgan fingerprint density at radius 3 is 2.59 bits per heavy atom. The number of benzene rings is 2. The summed E-state index contributed by atoms with van der Waals surface area (Å²) in [5, 5.41) is 12.7. The van der Waals surface area contributed by atoms with Crippen LogP contribution in [0.5, 0.6) is 0 Å². The molecule has 6 nitrogen and oxygen atoms in total. The van der Waals surface area contributed by atoms with E-state index in [2.05, 4.69) is 20.5 Å². The quantitative estimate of drug-likeness (QED) is 0.337. The molecule has 32 heavy (non-hydrogen) atoms. The largest absolute Gasteiger partial charge is 0.325 e. The molecule has 1 N–H and O–H groups in total. The fraction of sp³-hybridized carbons (Fsp3) is 0.130. The number of amides is 1. The van der Waals surface area contributed by atoms with Gasteiger partial charge >= 0.3 is 0 Å². The number of halogens is 2. The average Bonchev–Trinajstić information content (AvgIpc) is 3.21. The third-order valence-corrected chi connectivity index (χ3v) is 6.55. The summed E-state index contributed by atoms with van der Waals surface area (Å²) in [7, 11) is 0. The summed E-state index contributed by atoms with van der Waals surface area (Å²) in [6.45, 7) is 3.78. The molecule has 2 heterocycles. The van der Waals surface area contributed by atoms with Crippen LogP contribution in [-0.2, 0) is 4.79 Å². The zero-order valence-corrected chi connectivity index (χ0v) is 19.6. The summed E-state index contributed by atoms with van der Waals surface area (Å²) in [6, 6.07) is 16.7. The zero-order chi connectivity index (χ0) is 22.7. The molecule has 0 radical (unpaired) electrons. The van der Waals surface area contributed by atoms with Crippen molar-refractivity contribution in [2.24, 2.45) is 0 Å². The van der Waals surface area contributed by atoms with Crippen LogP contribution in [0.4, 0.5) is 5.69 Å². The fourth-order valence-corrected chi connectivity index (χ4v) is 4.20. The van der Waals surface area contributed by atoms with Gasteiger partial charge in [-0.3, -0.25) is 14.3 Å². The molecule has 4 rings (SSSR count). The second-order valence-corrected chi connectivity index (χ2v) is 9.17. The predicted octanol–water partition coefficient (Wildman–Crippen LogP) is 6.06. The molecule has 2 aromatic heterocycles. The van der Waals surface area contributed by atoms with Gasteiger partial charge in [-0.2, -0.15) is 0 Å². The van der Waals surface area contributed by atoms with E-state index in [1.165, 1.54) is 11.8 Å². The first-order valence-electron chi connectivity index (χ1n) is 9.78. The van der Waals surface area contributed by atoms with Gasteiger partial charge in [0.25, 0.3) is 0 Å². The van der Waals surface area contributed by atoms with Crippen LogP contribution in [0.15, 0.2) is 72.1 Å². The van der Waals surface area contributed by atoms with Crippen molar-refractivity contribution < 1.29 is 4.79 Å². The van der Waals surface area contributed by atoms with Gasteiger partial charge in [0.05, 0.1) is 21.0 Å². The summed E-state index contributed by atoms with van der Waals surface area (Å²) >= 11 is 13.7. The minimum absolute atomic E-state index is 0.129. The molecule has 1 atom stereocenters. The SMILES string of the molecule is Cc1ccccc1NC(=O)C(C)Sc1nnc(-c2cccnc2)n1-c1ccc(Cl)c(Cl)c1. The van der Waals surface area contributed by atoms with Crippen molar-refractivity contribution in [2.45, 2.75) is 24.3 Å². The highest BCUT2D eigenvalue weighted by Crippen LogP contribution is 2.33. The molecule has 0 bridgehead atoms. The van der Waals surface area contributed by atoms with E-state index in [0.29, 0.717) is 21.0 Å². The van der Waals surface area contributed by atoms with E-state index in [4.69, 9.17) is 23.2 Å². The number of anilines is 1. The van der Waals surface area contributed by atoms with Crippen molar-refractivity contribution in [3.8, 4) is 17.1 Å². The number of para-hydroxylation sites is 1. The maximum Gasteiger partial charge on any atom is 0.237 e. The molecule has 0 spiro atoms. The van der Waals surface area contributed by atoms with Crippen molar-refractivity contribution in [2.75, 3.05) is 5.32 Å². The highest BCUT2D eigenvalue weighted by molar-refractivity contribution is 8.00. The Kier molecular flexibility index (Phi) is 6.79. The third-order valence-electron chi connectivity index (χ3n) is 4.77. The van der Waals surface area contributed by atoms with Crippen molar-refractivity contribution in [1.82, 2.24) is 19.7 Å². The number of rotatable bonds is 6. The molecule has 0 aliphatic carbocycles. The number of carbonyl (C=O) groups excluding carboxylic acids is 1. The molecule has 162 valence electrons. The fourth-order valence-electron chi connectivity index (χ4n) is 3.04. The van der Waals surface area contributed by atoms with E-state index in [9.17, 15) is 4.79 Å². The Labute approximate surface area is 200 Å². The lowest BCUT2D eigenvalue weighted by Crippen LogP contribution is -2.23. The van der Waals surface area contributed by atoms with Gasteiger partial charge in [-0.25, -0.2) is 0 Å². The highest BCUT2D eigenvalue weighted by atomic mass is 35.5. The van der Waals surface area contributed by atoms with Gasteiger partial charge in [0.15, 0.2) is 11.0 Å². The van der Waals surface area contributed by atoms with Crippen molar-refractivity contribution in [1.29, 1.82) is 0 Å². The first-order chi connectivity index (χ1) is 15.4. The molecule has 0 saturated heterocycles. The predicted molar refractivity (Wildman–Crippen MR) is 130 cm³/mol. The molecule has 0 aliphatic heterocycles. The minimum atomic E-state index is -0.429. The maximum absolute atomic E-state index is 12.9. The van der Waals surface area contributed by atoms with Crippen LogP contribution >= 0.6 is 35.0 Å². The molecule has 9 heteroatoms. The van der Waals surface area contributed by atoms with Crippen LogP contribution in [-0.4, -0.2) is 30.9 Å². The number of nitrogens with one attached hydrogen (secondary N) is 1. The number of carbonyl (C=O) groups is 1. The molecular formula is C23H19Cl2N5OS. The summed E-state index contributed by atoms with van der Waals surface area (Å²) in [5.41, 5.74) is 3.30. The molecule has 0 aliphatic rings. The molecule has 0 saturated carbocycles. The van der Waals surface area contributed by atoms with Crippen LogP contribution in [0.3, 0.4) is 0 Å². The Hall–Kier alpha value is -2.87. The number of nitrogens with zero attached hydrogens (tertiary/aromatic N) is 4. The molecule has 2 aromatic carbocycles. The van der Waals surface area contributed by atoms with E-state index in [-0.39, 0.29) is 5.91 Å². The molecule has 1 amide bonds. The van der Waals surface area contributed by atoms with Crippen LogP contribution in [0.1, 0.15) is 12.5 Å². The lowest BCUT2D eigenvalue weighted by atomic mass is 10.2. The molecule has 1 unspecified atom stereocenters. The van der Waals surface area contributed by atoms with Gasteiger partial charge in [0.2, 0.25) is 5.91 Å². The Balaban J connectivity index is 1.68. The number of aromatic nitrogens is 4. The second-order valence-electron chi connectivity index (χ2n) is 7.05. The number of hydrogen-bond donors (Lipinski definition) is 1. The van der Waals surface area contributed by atoms with E-state index in [1.54, 1.807) is 24.5 Å². The summed E-state index contributed by atoms with van der Waals surface area (Å²) in [6.07, 6.45) is 3.40.